The van der Waals surface area contributed by atoms with E-state index in [1.807, 2.05) is 41.7 Å². The summed E-state index contributed by atoms with van der Waals surface area (Å²) >= 11 is 0. The molecule has 1 fully saturated rings. The van der Waals surface area contributed by atoms with Crippen LogP contribution in [0.2, 0.25) is 0 Å². The number of hydrogen-bond acceptors (Lipinski definition) is 4. The molecule has 8 nitrogen and oxygen atoms in total. The fourth-order valence-corrected chi connectivity index (χ4v) is 3.98. The number of likely N-dealkylation sites (tertiary alicyclic amines) is 1. The maximum absolute atomic E-state index is 12.8. The Morgan fingerprint density at radius 3 is 2.96 bits per heavy atom. The van der Waals surface area contributed by atoms with E-state index in [-0.39, 0.29) is 11.9 Å². The fraction of sp³-hybridized carbons (Fsp3) is 0.300. The molecule has 1 aliphatic rings. The largest absolute Gasteiger partial charge is 0.345 e. The monoisotopic (exact) mass is 375 g/mol. The quantitative estimate of drug-likeness (QED) is 0.563. The average molecular weight is 375 g/mol. The Morgan fingerprint density at radius 2 is 2.11 bits per heavy atom. The summed E-state index contributed by atoms with van der Waals surface area (Å²) < 4.78 is 2.15. The number of piperidine rings is 1. The van der Waals surface area contributed by atoms with E-state index in [0.717, 1.165) is 35.5 Å². The number of H-pyrrole nitrogens is 1. The average Bonchev–Trinajstić information content (AvgIpc) is 3.35. The molecule has 5 rings (SSSR count). The van der Waals surface area contributed by atoms with Crippen molar-refractivity contribution in [2.24, 2.45) is 5.92 Å². The first-order valence-corrected chi connectivity index (χ1v) is 9.47. The zero-order valence-electron chi connectivity index (χ0n) is 15.5. The molecule has 4 aromatic heterocycles. The SMILES string of the molecule is CC1CCN(C(=O)Nc2ccccn2)CC1c1ncc2cnc3[nH]ccc3n12. The van der Waals surface area contributed by atoms with Crippen LogP contribution in [0.1, 0.15) is 25.1 Å². The van der Waals surface area contributed by atoms with Gasteiger partial charge in [-0.2, -0.15) is 0 Å². The highest BCUT2D eigenvalue weighted by Crippen LogP contribution is 2.33. The van der Waals surface area contributed by atoms with Crippen molar-refractivity contribution < 1.29 is 4.79 Å². The topological polar surface area (TPSA) is 91.2 Å². The standard InChI is InChI=1S/C20H21N7O/c1-13-6-9-26(20(28)25-17-4-2-3-7-21-17)12-15(13)19-24-11-14-10-23-18-16(27(14)19)5-8-22-18/h2-5,7-8,10-11,13,15,22H,6,9,12H2,1H3,(H,21,25,28). The molecule has 2 unspecified atom stereocenters. The van der Waals surface area contributed by atoms with E-state index >= 15 is 0 Å². The number of aromatic nitrogens is 5. The zero-order valence-corrected chi connectivity index (χ0v) is 15.5. The molecule has 0 saturated carbocycles. The summed E-state index contributed by atoms with van der Waals surface area (Å²) in [6, 6.07) is 7.37. The van der Waals surface area contributed by atoms with Crippen LogP contribution in [0.5, 0.6) is 0 Å². The van der Waals surface area contributed by atoms with Gasteiger partial charge in [0.2, 0.25) is 0 Å². The molecule has 2 amide bonds. The van der Waals surface area contributed by atoms with E-state index in [1.54, 1.807) is 12.3 Å². The molecule has 2 N–H and O–H groups in total. The van der Waals surface area contributed by atoms with E-state index in [4.69, 9.17) is 4.98 Å². The van der Waals surface area contributed by atoms with Crippen LogP contribution in [0.15, 0.2) is 49.1 Å². The maximum Gasteiger partial charge on any atom is 0.323 e. The molecule has 0 radical (unpaired) electrons. The fourth-order valence-electron chi connectivity index (χ4n) is 3.98. The Balaban J connectivity index is 1.45. The van der Waals surface area contributed by atoms with Crippen LogP contribution >= 0.6 is 0 Å². The van der Waals surface area contributed by atoms with E-state index in [2.05, 4.69) is 31.6 Å². The van der Waals surface area contributed by atoms with Crippen molar-refractivity contribution in [1.82, 2.24) is 29.2 Å². The summed E-state index contributed by atoms with van der Waals surface area (Å²) in [5.41, 5.74) is 2.80. The highest BCUT2D eigenvalue weighted by Gasteiger charge is 2.33. The van der Waals surface area contributed by atoms with E-state index in [1.165, 1.54) is 0 Å². The van der Waals surface area contributed by atoms with E-state index < -0.39 is 0 Å². The molecule has 8 heteroatoms. The lowest BCUT2D eigenvalue weighted by atomic mass is 9.86. The number of rotatable bonds is 2. The minimum absolute atomic E-state index is 0.120. The highest BCUT2D eigenvalue weighted by molar-refractivity contribution is 5.88. The van der Waals surface area contributed by atoms with Crippen molar-refractivity contribution in [3.63, 3.8) is 0 Å². The van der Waals surface area contributed by atoms with Crippen LogP contribution in [0.25, 0.3) is 16.7 Å². The number of imidazole rings is 1. The highest BCUT2D eigenvalue weighted by atomic mass is 16.2. The lowest BCUT2D eigenvalue weighted by Crippen LogP contribution is -2.44. The maximum atomic E-state index is 12.8. The molecule has 5 heterocycles. The van der Waals surface area contributed by atoms with Crippen molar-refractivity contribution in [2.45, 2.75) is 19.3 Å². The molecular formula is C20H21N7O. The number of carbonyl (C=O) groups is 1. The molecule has 1 saturated heterocycles. The smallest absolute Gasteiger partial charge is 0.323 e. The summed E-state index contributed by atoms with van der Waals surface area (Å²) in [5, 5.41) is 2.89. The summed E-state index contributed by atoms with van der Waals surface area (Å²) in [6.45, 7) is 3.57. The van der Waals surface area contributed by atoms with Crippen molar-refractivity contribution in [3.8, 4) is 0 Å². The molecule has 0 aliphatic carbocycles. The Bertz CT molecular complexity index is 1130. The van der Waals surface area contributed by atoms with Crippen LogP contribution < -0.4 is 5.32 Å². The Kier molecular flexibility index (Phi) is 3.96. The molecule has 0 bridgehead atoms. The van der Waals surface area contributed by atoms with Crippen molar-refractivity contribution >= 4 is 28.5 Å². The third-order valence-corrected chi connectivity index (χ3v) is 5.56. The first-order chi connectivity index (χ1) is 13.7. The lowest BCUT2D eigenvalue weighted by Gasteiger charge is -2.36. The van der Waals surface area contributed by atoms with Crippen LogP contribution in [0, 0.1) is 5.92 Å². The predicted molar refractivity (Wildman–Crippen MR) is 106 cm³/mol. The minimum atomic E-state index is -0.120. The van der Waals surface area contributed by atoms with Gasteiger partial charge in [0.15, 0.2) is 5.65 Å². The van der Waals surface area contributed by atoms with Gasteiger partial charge >= 0.3 is 6.03 Å². The number of nitrogens with zero attached hydrogens (tertiary/aromatic N) is 5. The van der Waals surface area contributed by atoms with E-state index in [9.17, 15) is 4.79 Å². The molecule has 2 atom stereocenters. The van der Waals surface area contributed by atoms with Gasteiger partial charge in [0.25, 0.3) is 0 Å². The van der Waals surface area contributed by atoms with Crippen molar-refractivity contribution in [2.75, 3.05) is 18.4 Å². The van der Waals surface area contributed by atoms with Gasteiger partial charge < -0.3 is 9.88 Å². The summed E-state index contributed by atoms with van der Waals surface area (Å²) in [5.74, 6) is 2.11. The van der Waals surface area contributed by atoms with Gasteiger partial charge in [0.05, 0.1) is 23.4 Å². The van der Waals surface area contributed by atoms with Crippen molar-refractivity contribution in [3.05, 3.63) is 54.9 Å². The van der Waals surface area contributed by atoms with Gasteiger partial charge in [-0.1, -0.05) is 13.0 Å². The third kappa shape index (κ3) is 2.77. The molecule has 0 aromatic carbocycles. The van der Waals surface area contributed by atoms with Crippen LogP contribution in [-0.2, 0) is 0 Å². The normalized spacial score (nSPS) is 20.0. The minimum Gasteiger partial charge on any atom is -0.345 e. The third-order valence-electron chi connectivity index (χ3n) is 5.56. The molecule has 142 valence electrons. The number of anilines is 1. The Hall–Kier alpha value is -3.42. The molecule has 0 spiro atoms. The predicted octanol–water partition coefficient (Wildman–Crippen LogP) is 3.26. The van der Waals surface area contributed by atoms with E-state index in [0.29, 0.717) is 18.3 Å². The lowest BCUT2D eigenvalue weighted by molar-refractivity contribution is 0.170. The second kappa shape index (κ2) is 6.63. The Labute approximate surface area is 161 Å². The van der Waals surface area contributed by atoms with Gasteiger partial charge in [0.1, 0.15) is 11.6 Å². The summed E-state index contributed by atoms with van der Waals surface area (Å²) in [6.07, 6.45) is 8.17. The van der Waals surface area contributed by atoms with Gasteiger partial charge in [-0.3, -0.25) is 9.72 Å². The molecular weight excluding hydrogens is 354 g/mol. The number of fused-ring (bicyclic) bond motifs is 3. The number of aromatic amines is 1. The second-order valence-corrected chi connectivity index (χ2v) is 7.31. The number of amides is 2. The van der Waals surface area contributed by atoms with Gasteiger partial charge in [-0.15, -0.1) is 0 Å². The zero-order chi connectivity index (χ0) is 19.1. The second-order valence-electron chi connectivity index (χ2n) is 7.31. The van der Waals surface area contributed by atoms with Crippen LogP contribution in [-0.4, -0.2) is 48.4 Å². The first-order valence-electron chi connectivity index (χ1n) is 9.47. The molecule has 4 aromatic rings. The van der Waals surface area contributed by atoms with Crippen molar-refractivity contribution in [1.29, 1.82) is 0 Å². The van der Waals surface area contributed by atoms with Gasteiger partial charge in [0, 0.05) is 31.4 Å². The summed E-state index contributed by atoms with van der Waals surface area (Å²) in [7, 11) is 0. The molecule has 28 heavy (non-hydrogen) atoms. The van der Waals surface area contributed by atoms with Gasteiger partial charge in [-0.25, -0.2) is 19.7 Å². The number of carbonyl (C=O) groups excluding carboxylic acids is 1. The number of urea groups is 1. The van der Waals surface area contributed by atoms with Gasteiger partial charge in [-0.05, 0) is 30.5 Å². The number of pyridine rings is 1. The van der Waals surface area contributed by atoms with Crippen LogP contribution in [0.3, 0.4) is 0 Å². The Morgan fingerprint density at radius 1 is 1.21 bits per heavy atom. The first kappa shape index (κ1) is 16.7. The number of hydrogen-bond donors (Lipinski definition) is 2. The molecule has 1 aliphatic heterocycles. The van der Waals surface area contributed by atoms with Crippen LogP contribution in [0.4, 0.5) is 10.6 Å². The summed E-state index contributed by atoms with van der Waals surface area (Å²) in [4.78, 5) is 31.1. The number of nitrogens with one attached hydrogen (secondary N) is 2.